The van der Waals surface area contributed by atoms with Crippen LogP contribution < -0.4 is 5.32 Å². The van der Waals surface area contributed by atoms with Crippen LogP contribution >= 0.6 is 23.5 Å². The normalized spacial score (nSPS) is 11.4. The van der Waals surface area contributed by atoms with Crippen LogP contribution in [0.15, 0.2) is 24.3 Å². The Labute approximate surface area is 129 Å². The molecule has 0 aliphatic carbocycles. The fraction of sp³-hybridized carbons (Fsp3) is 0.533. The molecule has 2 nitrogen and oxygen atoms in total. The molecule has 0 fully saturated rings. The maximum Gasteiger partial charge on any atom is 0.230 e. The van der Waals surface area contributed by atoms with E-state index in [2.05, 4.69) is 26.1 Å². The predicted molar refractivity (Wildman–Crippen MR) is 87.8 cm³/mol. The molecule has 1 rings (SSSR count). The first-order chi connectivity index (χ1) is 9.38. The molecule has 0 saturated heterocycles. The van der Waals surface area contributed by atoms with E-state index < -0.39 is 0 Å². The minimum absolute atomic E-state index is 0.0661. The Morgan fingerprint density at radius 1 is 1.30 bits per heavy atom. The molecule has 1 N–H and O–H groups in total. The lowest BCUT2D eigenvalue weighted by Crippen LogP contribution is -2.28. The van der Waals surface area contributed by atoms with E-state index in [0.717, 1.165) is 5.75 Å². The molecular formula is C15H22FNOS2. The molecule has 1 aromatic rings. The van der Waals surface area contributed by atoms with E-state index in [1.54, 1.807) is 35.7 Å². The van der Waals surface area contributed by atoms with Crippen LogP contribution in [-0.2, 0) is 10.5 Å². The summed E-state index contributed by atoms with van der Waals surface area (Å²) in [6.07, 6.45) is 0. The SMILES string of the molecule is CC(C)(C)SCC(=O)NCCSCc1ccccc1F. The van der Waals surface area contributed by atoms with Crippen LogP contribution in [0, 0.1) is 5.82 Å². The Kier molecular flexibility index (Phi) is 7.45. The third-order valence-corrected chi connectivity index (χ3v) is 4.70. The molecule has 5 heteroatoms. The number of thioether (sulfide) groups is 2. The Morgan fingerprint density at radius 2 is 2.00 bits per heavy atom. The lowest BCUT2D eigenvalue weighted by atomic mass is 10.2. The quantitative estimate of drug-likeness (QED) is 0.778. The number of carbonyl (C=O) groups is 1. The van der Waals surface area contributed by atoms with Crippen LogP contribution in [0.4, 0.5) is 4.39 Å². The van der Waals surface area contributed by atoms with Crippen LogP contribution in [0.25, 0.3) is 0 Å². The molecule has 0 aliphatic heterocycles. The van der Waals surface area contributed by atoms with Crippen LogP contribution in [0.2, 0.25) is 0 Å². The summed E-state index contributed by atoms with van der Waals surface area (Å²) in [5.41, 5.74) is 0.715. The Morgan fingerprint density at radius 3 is 2.65 bits per heavy atom. The molecule has 1 aromatic carbocycles. The summed E-state index contributed by atoms with van der Waals surface area (Å²) in [5, 5.41) is 2.88. The second-order valence-corrected chi connectivity index (χ2v) is 8.30. The lowest BCUT2D eigenvalue weighted by molar-refractivity contribution is -0.118. The van der Waals surface area contributed by atoms with Gasteiger partial charge < -0.3 is 5.32 Å². The van der Waals surface area contributed by atoms with E-state index in [9.17, 15) is 9.18 Å². The van der Waals surface area contributed by atoms with Crippen molar-refractivity contribution in [1.29, 1.82) is 0 Å². The maximum absolute atomic E-state index is 13.4. The summed E-state index contributed by atoms with van der Waals surface area (Å²) >= 11 is 3.26. The highest BCUT2D eigenvalue weighted by Crippen LogP contribution is 2.22. The van der Waals surface area contributed by atoms with Crippen molar-refractivity contribution in [1.82, 2.24) is 5.32 Å². The largest absolute Gasteiger partial charge is 0.355 e. The minimum atomic E-state index is -0.161. The number of amides is 1. The average Bonchev–Trinajstić information content (AvgIpc) is 2.37. The van der Waals surface area contributed by atoms with Gasteiger partial charge in [0.25, 0.3) is 0 Å². The first kappa shape index (κ1) is 17.4. The second kappa shape index (κ2) is 8.57. The molecule has 0 aliphatic rings. The zero-order valence-electron chi connectivity index (χ0n) is 12.2. The van der Waals surface area contributed by atoms with Gasteiger partial charge in [0, 0.05) is 22.8 Å². The van der Waals surface area contributed by atoms with E-state index in [4.69, 9.17) is 0 Å². The van der Waals surface area contributed by atoms with Crippen molar-refractivity contribution in [3.8, 4) is 0 Å². The average molecular weight is 315 g/mol. The van der Waals surface area contributed by atoms with Gasteiger partial charge in [-0.05, 0) is 11.6 Å². The summed E-state index contributed by atoms with van der Waals surface area (Å²) in [7, 11) is 0. The molecule has 0 aromatic heterocycles. The van der Waals surface area contributed by atoms with Gasteiger partial charge in [-0.25, -0.2) is 4.39 Å². The van der Waals surface area contributed by atoms with E-state index in [0.29, 0.717) is 23.6 Å². The molecule has 1 amide bonds. The van der Waals surface area contributed by atoms with Crippen LogP contribution in [0.3, 0.4) is 0 Å². The molecule has 20 heavy (non-hydrogen) atoms. The molecule has 0 spiro atoms. The molecule has 0 radical (unpaired) electrons. The predicted octanol–water partition coefficient (Wildman–Crippen LogP) is 3.71. The van der Waals surface area contributed by atoms with Crippen molar-refractivity contribution in [2.24, 2.45) is 0 Å². The Hall–Kier alpha value is -0.680. The molecule has 0 saturated carbocycles. The number of carbonyl (C=O) groups excluding carboxylic acids is 1. The zero-order valence-corrected chi connectivity index (χ0v) is 13.9. The summed E-state index contributed by atoms with van der Waals surface area (Å²) in [4.78, 5) is 11.6. The molecule has 0 unspecified atom stereocenters. The number of rotatable bonds is 7. The number of benzene rings is 1. The van der Waals surface area contributed by atoms with E-state index >= 15 is 0 Å². The van der Waals surface area contributed by atoms with Crippen molar-refractivity contribution in [2.75, 3.05) is 18.1 Å². The highest BCUT2D eigenvalue weighted by molar-refractivity contribution is 8.01. The van der Waals surface area contributed by atoms with Crippen LogP contribution in [-0.4, -0.2) is 28.7 Å². The van der Waals surface area contributed by atoms with Gasteiger partial charge in [-0.1, -0.05) is 39.0 Å². The second-order valence-electron chi connectivity index (χ2n) is 5.39. The molecule has 0 atom stereocenters. The number of hydrogen-bond donors (Lipinski definition) is 1. The van der Waals surface area contributed by atoms with Gasteiger partial charge >= 0.3 is 0 Å². The fourth-order valence-corrected chi connectivity index (χ4v) is 2.90. The van der Waals surface area contributed by atoms with Crippen molar-refractivity contribution in [2.45, 2.75) is 31.3 Å². The van der Waals surface area contributed by atoms with Crippen molar-refractivity contribution in [3.05, 3.63) is 35.6 Å². The van der Waals surface area contributed by atoms with Gasteiger partial charge in [-0.2, -0.15) is 11.8 Å². The molecular weight excluding hydrogens is 293 g/mol. The highest BCUT2D eigenvalue weighted by Gasteiger charge is 2.12. The van der Waals surface area contributed by atoms with Crippen LogP contribution in [0.5, 0.6) is 0 Å². The monoisotopic (exact) mass is 315 g/mol. The standard InChI is InChI=1S/C15H22FNOS2/c1-15(2,3)20-11-14(18)17-8-9-19-10-12-6-4-5-7-13(12)16/h4-7H,8-11H2,1-3H3,(H,17,18). The third kappa shape index (κ3) is 7.80. The van der Waals surface area contributed by atoms with E-state index in [1.165, 1.54) is 6.07 Å². The number of hydrogen-bond acceptors (Lipinski definition) is 3. The van der Waals surface area contributed by atoms with E-state index in [-0.39, 0.29) is 16.5 Å². The summed E-state index contributed by atoms with van der Waals surface area (Å²) in [6.45, 7) is 6.91. The maximum atomic E-state index is 13.4. The van der Waals surface area contributed by atoms with Gasteiger partial charge in [0.15, 0.2) is 0 Å². The molecule has 112 valence electrons. The molecule has 0 bridgehead atoms. The fourth-order valence-electron chi connectivity index (χ4n) is 1.39. The molecule has 0 heterocycles. The first-order valence-corrected chi connectivity index (χ1v) is 8.74. The number of halogens is 1. The first-order valence-electron chi connectivity index (χ1n) is 6.60. The van der Waals surface area contributed by atoms with Gasteiger partial charge in [0.05, 0.1) is 5.75 Å². The van der Waals surface area contributed by atoms with Crippen LogP contribution in [0.1, 0.15) is 26.3 Å². The highest BCUT2D eigenvalue weighted by atomic mass is 32.2. The van der Waals surface area contributed by atoms with Crippen molar-refractivity contribution in [3.63, 3.8) is 0 Å². The van der Waals surface area contributed by atoms with Gasteiger partial charge in [0.2, 0.25) is 5.91 Å². The lowest BCUT2D eigenvalue weighted by Gasteiger charge is -2.16. The Balaban J connectivity index is 2.10. The van der Waals surface area contributed by atoms with Gasteiger partial charge in [-0.3, -0.25) is 4.79 Å². The van der Waals surface area contributed by atoms with E-state index in [1.807, 2.05) is 6.07 Å². The van der Waals surface area contributed by atoms with Gasteiger partial charge in [0.1, 0.15) is 5.82 Å². The zero-order chi connectivity index (χ0) is 15.0. The third-order valence-electron chi connectivity index (χ3n) is 2.42. The smallest absolute Gasteiger partial charge is 0.230 e. The Bertz CT molecular complexity index is 432. The summed E-state index contributed by atoms with van der Waals surface area (Å²) in [6, 6.07) is 6.79. The number of nitrogens with one attached hydrogen (secondary N) is 1. The summed E-state index contributed by atoms with van der Waals surface area (Å²) < 4.78 is 13.5. The van der Waals surface area contributed by atoms with Crippen molar-refractivity contribution < 1.29 is 9.18 Å². The summed E-state index contributed by atoms with van der Waals surface area (Å²) in [5.74, 6) is 1.82. The van der Waals surface area contributed by atoms with Gasteiger partial charge in [-0.15, -0.1) is 11.8 Å². The topological polar surface area (TPSA) is 29.1 Å². The minimum Gasteiger partial charge on any atom is -0.355 e. The van der Waals surface area contributed by atoms with Crippen molar-refractivity contribution >= 4 is 29.4 Å².